The molecule has 0 aromatic carbocycles. The van der Waals surface area contributed by atoms with Crippen LogP contribution in [0.5, 0.6) is 0 Å². The van der Waals surface area contributed by atoms with Gasteiger partial charge in [0.15, 0.2) is 0 Å². The van der Waals surface area contributed by atoms with Gasteiger partial charge in [0.05, 0.1) is 6.67 Å². The van der Waals surface area contributed by atoms with Gasteiger partial charge in [-0.25, -0.2) is 0 Å². The average molecular weight is 160 g/mol. The summed E-state index contributed by atoms with van der Waals surface area (Å²) in [6.07, 6.45) is 1.22. The molecule has 1 heterocycles. The fraction of sp³-hybridized carbons (Fsp3) is 1.00. The van der Waals surface area contributed by atoms with Crippen LogP contribution in [0.1, 0.15) is 6.42 Å². The molecular weight excluding hydrogens is 144 g/mol. The van der Waals surface area contributed by atoms with E-state index in [1.807, 2.05) is 0 Å². The van der Waals surface area contributed by atoms with Crippen LogP contribution < -0.4 is 0 Å². The minimum absolute atomic E-state index is 1.01. The summed E-state index contributed by atoms with van der Waals surface area (Å²) in [6, 6.07) is 0. The molecule has 3 heteroatoms. The Balaban J connectivity index is 2.06. The Morgan fingerprint density at radius 1 is 1.40 bits per heavy atom. The topological polar surface area (TPSA) is 6.48 Å². The van der Waals surface area contributed by atoms with Crippen molar-refractivity contribution in [3.63, 3.8) is 0 Å². The van der Waals surface area contributed by atoms with E-state index < -0.39 is 0 Å². The molecule has 0 N–H and O–H groups in total. The third-order valence-corrected chi connectivity index (χ3v) is 2.19. The van der Waals surface area contributed by atoms with Crippen molar-refractivity contribution in [2.75, 3.05) is 39.1 Å². The van der Waals surface area contributed by atoms with E-state index >= 15 is 0 Å². The van der Waals surface area contributed by atoms with E-state index in [9.17, 15) is 0 Å². The third-order valence-electron chi connectivity index (χ3n) is 1.87. The van der Waals surface area contributed by atoms with E-state index in [1.54, 1.807) is 0 Å². The van der Waals surface area contributed by atoms with Crippen molar-refractivity contribution in [3.05, 3.63) is 0 Å². The molecule has 0 amide bonds. The summed E-state index contributed by atoms with van der Waals surface area (Å²) >= 11 is 4.18. The molecule has 10 heavy (non-hydrogen) atoms. The molecule has 0 spiro atoms. The van der Waals surface area contributed by atoms with Gasteiger partial charge >= 0.3 is 0 Å². The molecule has 0 unspecified atom stereocenters. The van der Waals surface area contributed by atoms with Gasteiger partial charge in [0.25, 0.3) is 0 Å². The standard InChI is InChI=1S/C7H16N2S/c1-8-4-5-9(7-8)3-2-6-10/h10H,2-7H2,1H3. The fourth-order valence-electron chi connectivity index (χ4n) is 1.27. The predicted octanol–water partition coefficient (Wildman–Crippen LogP) is 0.511. The van der Waals surface area contributed by atoms with Crippen molar-refractivity contribution < 1.29 is 0 Å². The molecule has 2 nitrogen and oxygen atoms in total. The van der Waals surface area contributed by atoms with E-state index in [-0.39, 0.29) is 0 Å². The molecule has 1 rings (SSSR count). The Kier molecular flexibility index (Phi) is 3.52. The van der Waals surface area contributed by atoms with Gasteiger partial charge < -0.3 is 0 Å². The highest BCUT2D eigenvalue weighted by molar-refractivity contribution is 7.80. The lowest BCUT2D eigenvalue weighted by Crippen LogP contribution is -2.24. The molecule has 0 atom stereocenters. The summed E-state index contributed by atoms with van der Waals surface area (Å²) in [5.41, 5.74) is 0. The highest BCUT2D eigenvalue weighted by atomic mass is 32.1. The number of hydrogen-bond donors (Lipinski definition) is 1. The van der Waals surface area contributed by atoms with E-state index in [1.165, 1.54) is 26.1 Å². The first kappa shape index (κ1) is 8.37. The van der Waals surface area contributed by atoms with Gasteiger partial charge in [-0.05, 0) is 19.2 Å². The van der Waals surface area contributed by atoms with Gasteiger partial charge in [-0.15, -0.1) is 0 Å². The summed E-state index contributed by atoms with van der Waals surface area (Å²) in [5.74, 6) is 1.01. The Labute approximate surface area is 68.6 Å². The smallest absolute Gasteiger partial charge is 0.0504 e. The Morgan fingerprint density at radius 2 is 2.20 bits per heavy atom. The molecule has 0 aromatic heterocycles. The highest BCUT2D eigenvalue weighted by Crippen LogP contribution is 2.02. The first-order valence-corrected chi connectivity index (χ1v) is 4.48. The lowest BCUT2D eigenvalue weighted by atomic mass is 10.4. The normalized spacial score (nSPS) is 22.2. The minimum Gasteiger partial charge on any atom is -0.292 e. The number of nitrogens with zero attached hydrogens (tertiary/aromatic N) is 2. The maximum Gasteiger partial charge on any atom is 0.0504 e. The maximum atomic E-state index is 4.18. The van der Waals surface area contributed by atoms with Crippen LogP contribution in [-0.2, 0) is 0 Å². The SMILES string of the molecule is CN1CCN(CCCS)C1. The minimum atomic E-state index is 1.01. The zero-order valence-corrected chi connectivity index (χ0v) is 7.48. The van der Waals surface area contributed by atoms with Crippen LogP contribution in [0.3, 0.4) is 0 Å². The van der Waals surface area contributed by atoms with Gasteiger partial charge in [0.2, 0.25) is 0 Å². The maximum absolute atomic E-state index is 4.18. The Morgan fingerprint density at radius 3 is 2.70 bits per heavy atom. The van der Waals surface area contributed by atoms with Crippen LogP contribution in [-0.4, -0.2) is 48.9 Å². The molecule has 1 fully saturated rings. The largest absolute Gasteiger partial charge is 0.292 e. The third kappa shape index (κ3) is 2.48. The van der Waals surface area contributed by atoms with Crippen molar-refractivity contribution in [3.8, 4) is 0 Å². The van der Waals surface area contributed by atoms with Crippen molar-refractivity contribution in [2.45, 2.75) is 6.42 Å². The van der Waals surface area contributed by atoms with Gasteiger partial charge in [-0.2, -0.15) is 12.6 Å². The lowest BCUT2D eigenvalue weighted by Gasteiger charge is -2.13. The van der Waals surface area contributed by atoms with Gasteiger partial charge in [0, 0.05) is 19.6 Å². The molecular formula is C7H16N2S. The van der Waals surface area contributed by atoms with Gasteiger partial charge in [-0.1, -0.05) is 0 Å². The number of thiol groups is 1. The van der Waals surface area contributed by atoms with Crippen LogP contribution in [0.4, 0.5) is 0 Å². The van der Waals surface area contributed by atoms with Crippen LogP contribution in [0.25, 0.3) is 0 Å². The van der Waals surface area contributed by atoms with Gasteiger partial charge in [-0.3, -0.25) is 9.80 Å². The average Bonchev–Trinajstić information content (AvgIpc) is 2.31. The van der Waals surface area contributed by atoms with E-state index in [2.05, 4.69) is 29.5 Å². The van der Waals surface area contributed by atoms with E-state index in [0.29, 0.717) is 0 Å². The van der Waals surface area contributed by atoms with Crippen LogP contribution >= 0.6 is 12.6 Å². The summed E-state index contributed by atoms with van der Waals surface area (Å²) in [6.45, 7) is 4.83. The molecule has 60 valence electrons. The summed E-state index contributed by atoms with van der Waals surface area (Å²) in [7, 11) is 2.17. The molecule has 0 aromatic rings. The fourth-order valence-corrected chi connectivity index (χ4v) is 1.41. The highest BCUT2D eigenvalue weighted by Gasteiger charge is 2.14. The summed E-state index contributed by atoms with van der Waals surface area (Å²) in [5, 5.41) is 0. The number of rotatable bonds is 3. The molecule has 0 aliphatic carbocycles. The molecule has 1 saturated heterocycles. The van der Waals surface area contributed by atoms with Crippen molar-refractivity contribution in [2.24, 2.45) is 0 Å². The zero-order chi connectivity index (χ0) is 7.40. The van der Waals surface area contributed by atoms with E-state index in [4.69, 9.17) is 0 Å². The van der Waals surface area contributed by atoms with Gasteiger partial charge in [0.1, 0.15) is 0 Å². The first-order valence-electron chi connectivity index (χ1n) is 3.84. The Bertz CT molecular complexity index is 97.6. The van der Waals surface area contributed by atoms with Crippen LogP contribution in [0, 0.1) is 0 Å². The molecule has 1 aliphatic heterocycles. The number of likely N-dealkylation sites (N-methyl/N-ethyl adjacent to an activating group) is 1. The Hall–Kier alpha value is 0.270. The van der Waals surface area contributed by atoms with Crippen LogP contribution in [0.15, 0.2) is 0 Å². The lowest BCUT2D eigenvalue weighted by molar-refractivity contribution is 0.276. The molecule has 0 saturated carbocycles. The van der Waals surface area contributed by atoms with Crippen molar-refractivity contribution >= 4 is 12.6 Å². The van der Waals surface area contributed by atoms with Crippen molar-refractivity contribution in [1.29, 1.82) is 0 Å². The second-order valence-electron chi connectivity index (χ2n) is 2.92. The quantitative estimate of drug-likeness (QED) is 0.601. The zero-order valence-electron chi connectivity index (χ0n) is 6.58. The van der Waals surface area contributed by atoms with Crippen molar-refractivity contribution in [1.82, 2.24) is 9.80 Å². The van der Waals surface area contributed by atoms with Crippen LogP contribution in [0.2, 0.25) is 0 Å². The second-order valence-corrected chi connectivity index (χ2v) is 3.36. The molecule has 0 bridgehead atoms. The summed E-state index contributed by atoms with van der Waals surface area (Å²) < 4.78 is 0. The molecule has 1 aliphatic rings. The summed E-state index contributed by atoms with van der Waals surface area (Å²) in [4.78, 5) is 4.81. The monoisotopic (exact) mass is 160 g/mol. The molecule has 0 radical (unpaired) electrons. The second kappa shape index (κ2) is 4.21. The predicted molar refractivity (Wildman–Crippen MR) is 47.5 cm³/mol. The number of hydrogen-bond acceptors (Lipinski definition) is 3. The first-order chi connectivity index (χ1) is 4.83. The van der Waals surface area contributed by atoms with E-state index in [0.717, 1.165) is 12.4 Å².